The molecule has 0 saturated carbocycles. The van der Waals surface area contributed by atoms with Crippen LogP contribution in [0.15, 0.2) is 25.7 Å². The van der Waals surface area contributed by atoms with E-state index in [1.165, 1.54) is 6.26 Å². The van der Waals surface area contributed by atoms with Crippen molar-refractivity contribution in [2.24, 2.45) is 0 Å². The third kappa shape index (κ3) is 3.78. The van der Waals surface area contributed by atoms with Crippen LogP contribution in [0.2, 0.25) is 0 Å². The summed E-state index contributed by atoms with van der Waals surface area (Å²) < 4.78 is 19.8. The van der Waals surface area contributed by atoms with Crippen molar-refractivity contribution < 1.29 is 12.6 Å². The third-order valence-electron chi connectivity index (χ3n) is 0.532. The lowest BCUT2D eigenvalue weighted by molar-refractivity contribution is 0.376. The van der Waals surface area contributed by atoms with E-state index in [9.17, 15) is 4.21 Å². The first kappa shape index (κ1) is 8.23. The van der Waals surface area contributed by atoms with Gasteiger partial charge >= 0.3 is 0 Å². The van der Waals surface area contributed by atoms with E-state index in [1.807, 2.05) is 0 Å². The lowest BCUT2D eigenvalue weighted by atomic mass is 11.2. The largest absolute Gasteiger partial charge is 0.407 e. The predicted octanol–water partition coefficient (Wildman–Crippen LogP) is 0.783. The lowest BCUT2D eigenvalue weighted by Crippen LogP contribution is -2.10. The quantitative estimate of drug-likeness (QED) is 0.475. The summed E-state index contributed by atoms with van der Waals surface area (Å²) in [6, 6.07) is 0. The van der Waals surface area contributed by atoms with Crippen molar-refractivity contribution in [1.29, 1.82) is 0 Å². The van der Waals surface area contributed by atoms with Gasteiger partial charge in [0.25, 0.3) is 0 Å². The van der Waals surface area contributed by atoms with E-state index >= 15 is 0 Å². The first-order valence-corrected chi connectivity index (χ1v) is 4.27. The second-order valence-corrected chi connectivity index (χ2v) is 3.28. The van der Waals surface area contributed by atoms with E-state index in [2.05, 4.69) is 21.5 Å². The topological polar surface area (TPSA) is 35.5 Å². The Morgan fingerprint density at radius 2 is 1.67 bits per heavy atom. The zero-order valence-electron chi connectivity index (χ0n) is 5.24. The molecule has 4 heteroatoms. The van der Waals surface area contributed by atoms with E-state index in [4.69, 9.17) is 0 Å². The van der Waals surface area contributed by atoms with Crippen molar-refractivity contribution in [1.82, 2.24) is 0 Å². The van der Waals surface area contributed by atoms with Crippen molar-refractivity contribution in [3.8, 4) is 0 Å². The normalized spacial score (nSPS) is 11.7. The zero-order valence-corrected chi connectivity index (χ0v) is 6.14. The van der Waals surface area contributed by atoms with Gasteiger partial charge in [0, 0.05) is 0 Å². The van der Waals surface area contributed by atoms with E-state index in [0.717, 1.165) is 12.5 Å². The zero-order chi connectivity index (χ0) is 7.33. The monoisotopic (exact) mass is 150 g/mol. The number of hydrogen-bond acceptors (Lipinski definition) is 3. The van der Waals surface area contributed by atoms with Gasteiger partial charge in [-0.1, -0.05) is 13.2 Å². The average molecular weight is 150 g/mol. The highest BCUT2D eigenvalue weighted by Crippen LogP contribution is 2.03. The van der Waals surface area contributed by atoms with Gasteiger partial charge in [-0.2, -0.15) is 0 Å². The van der Waals surface area contributed by atoms with Crippen LogP contribution in [0, 0.1) is 0 Å². The Hall–Kier alpha value is -0.770. The molecule has 0 aromatic carbocycles. The van der Waals surface area contributed by atoms with Gasteiger partial charge in [0.2, 0.25) is 0 Å². The lowest BCUT2D eigenvalue weighted by Gasteiger charge is -2.16. The van der Waals surface area contributed by atoms with Crippen LogP contribution in [0.4, 0.5) is 0 Å². The van der Waals surface area contributed by atoms with E-state index in [0.29, 0.717) is 0 Å². The molecule has 0 amide bonds. The molecule has 0 atom stereocenters. The fraction of sp³-hybridized carbons (Fsp3) is 0.200. The molecule has 0 aliphatic heterocycles. The van der Waals surface area contributed by atoms with Crippen LogP contribution in [0.25, 0.3) is 0 Å². The highest BCUT2D eigenvalue weighted by molar-refractivity contribution is 7.93. The van der Waals surface area contributed by atoms with Crippen LogP contribution in [0.5, 0.6) is 0 Å². The van der Waals surface area contributed by atoms with Gasteiger partial charge in [0.1, 0.15) is 10.5 Å². The minimum atomic E-state index is -2.93. The number of thiol groups is 1. The molecular formula is C5H10O3S. The van der Waals surface area contributed by atoms with Gasteiger partial charge in [0.15, 0.2) is 0 Å². The van der Waals surface area contributed by atoms with Crippen LogP contribution in [0.3, 0.4) is 0 Å². The summed E-state index contributed by atoms with van der Waals surface area (Å²) in [6.07, 6.45) is 3.48. The van der Waals surface area contributed by atoms with Crippen LogP contribution in [0.1, 0.15) is 0 Å². The molecule has 3 nitrogen and oxygen atoms in total. The molecule has 0 N–H and O–H groups in total. The molecule has 0 bridgehead atoms. The molecule has 0 aliphatic carbocycles. The van der Waals surface area contributed by atoms with Crippen LogP contribution >= 0.6 is 0 Å². The maximum atomic E-state index is 10.8. The van der Waals surface area contributed by atoms with Crippen LogP contribution in [-0.4, -0.2) is 10.5 Å². The number of hydrogen-bond donors (Lipinski definition) is 1. The second kappa shape index (κ2) is 3.29. The van der Waals surface area contributed by atoms with Gasteiger partial charge < -0.3 is 8.37 Å². The summed E-state index contributed by atoms with van der Waals surface area (Å²) in [5.41, 5.74) is 0. The summed E-state index contributed by atoms with van der Waals surface area (Å²) in [7, 11) is -2.93. The minimum Gasteiger partial charge on any atom is -0.407 e. The Kier molecular flexibility index (Phi) is 3.01. The molecule has 0 saturated heterocycles. The fourth-order valence-corrected chi connectivity index (χ4v) is 0.887. The van der Waals surface area contributed by atoms with Gasteiger partial charge in [-0.15, -0.1) is 0 Å². The standard InChI is InChI=1S/C5H10O3S/c1-4-7-9(3,6)8-5-2/h4-5,9H,1-2H2,3H3. The molecule has 0 unspecified atom stereocenters. The fourth-order valence-electron chi connectivity index (χ4n) is 0.296. The van der Waals surface area contributed by atoms with Crippen molar-refractivity contribution in [3.63, 3.8) is 0 Å². The molecule has 0 heterocycles. The van der Waals surface area contributed by atoms with Crippen molar-refractivity contribution in [2.45, 2.75) is 0 Å². The highest BCUT2D eigenvalue weighted by atomic mass is 32.3. The number of rotatable bonds is 4. The smallest absolute Gasteiger partial charge is 0.144 e. The molecule has 0 spiro atoms. The Morgan fingerprint density at radius 3 is 1.89 bits per heavy atom. The van der Waals surface area contributed by atoms with Crippen molar-refractivity contribution in [2.75, 3.05) is 6.26 Å². The van der Waals surface area contributed by atoms with Crippen molar-refractivity contribution in [3.05, 3.63) is 25.7 Å². The summed E-state index contributed by atoms with van der Waals surface area (Å²) in [5, 5.41) is 0. The average Bonchev–Trinajstić information content (AvgIpc) is 1.64. The maximum absolute atomic E-state index is 10.8. The van der Waals surface area contributed by atoms with Crippen LogP contribution < -0.4 is 0 Å². The molecule has 0 aliphatic rings. The molecule has 0 fully saturated rings. The van der Waals surface area contributed by atoms with E-state index < -0.39 is 10.5 Å². The summed E-state index contributed by atoms with van der Waals surface area (Å²) in [4.78, 5) is 0. The summed E-state index contributed by atoms with van der Waals surface area (Å²) in [5.74, 6) is 0. The SMILES string of the molecule is C=CO[SH](C)(=O)OC=C. The van der Waals surface area contributed by atoms with Crippen LogP contribution in [-0.2, 0) is 18.9 Å². The summed E-state index contributed by atoms with van der Waals surface area (Å²) in [6.45, 7) is 6.44. The highest BCUT2D eigenvalue weighted by Gasteiger charge is 2.00. The van der Waals surface area contributed by atoms with Gasteiger partial charge in [-0.05, 0) is 0 Å². The molecule has 0 aromatic heterocycles. The Labute approximate surface area is 55.8 Å². The predicted molar refractivity (Wildman–Crippen MR) is 38.0 cm³/mol. The van der Waals surface area contributed by atoms with E-state index in [-0.39, 0.29) is 0 Å². The van der Waals surface area contributed by atoms with Crippen molar-refractivity contribution >= 4 is 10.5 Å². The first-order chi connectivity index (χ1) is 4.12. The Balaban J connectivity index is 3.85. The van der Waals surface area contributed by atoms with E-state index in [1.54, 1.807) is 0 Å². The molecule has 54 valence electrons. The molecule has 9 heavy (non-hydrogen) atoms. The van der Waals surface area contributed by atoms with Gasteiger partial charge in [0.05, 0.1) is 18.8 Å². The first-order valence-electron chi connectivity index (χ1n) is 2.28. The molecule has 0 radical (unpaired) electrons. The summed E-state index contributed by atoms with van der Waals surface area (Å²) >= 11 is 0. The Morgan fingerprint density at radius 1 is 1.33 bits per heavy atom. The third-order valence-corrected chi connectivity index (χ3v) is 1.60. The second-order valence-electron chi connectivity index (χ2n) is 1.32. The van der Waals surface area contributed by atoms with Gasteiger partial charge in [-0.25, -0.2) is 4.21 Å². The molecular weight excluding hydrogens is 140 g/mol. The molecule has 0 aromatic rings. The van der Waals surface area contributed by atoms with Gasteiger partial charge in [-0.3, -0.25) is 0 Å². The minimum absolute atomic E-state index is 1.07. The maximum Gasteiger partial charge on any atom is 0.144 e. The Bertz CT molecular complexity index is 138. The molecule has 0 rings (SSSR count).